The summed E-state index contributed by atoms with van der Waals surface area (Å²) in [6, 6.07) is 9.30. The standard InChI is InChI=1S/C15H15N3O/c1-11-3-4-13(9-12(11)2)10-17-18-15(19)14-5-7-16-8-6-14/h3-10H,1-2H3,(H,18,19)/b17-10-. The Morgan fingerprint density at radius 1 is 1.16 bits per heavy atom. The van der Waals surface area contributed by atoms with Crippen LogP contribution in [0.4, 0.5) is 0 Å². The number of hydrazone groups is 1. The van der Waals surface area contributed by atoms with E-state index < -0.39 is 0 Å². The van der Waals surface area contributed by atoms with Crippen LogP contribution in [0, 0.1) is 13.8 Å². The minimum absolute atomic E-state index is 0.248. The fourth-order valence-electron chi connectivity index (χ4n) is 1.58. The molecule has 0 unspecified atom stereocenters. The molecular formula is C15H15N3O. The van der Waals surface area contributed by atoms with E-state index in [1.54, 1.807) is 30.7 Å². The second-order valence-electron chi connectivity index (χ2n) is 4.28. The number of benzene rings is 1. The van der Waals surface area contributed by atoms with Gasteiger partial charge in [0, 0.05) is 18.0 Å². The third-order valence-corrected chi connectivity index (χ3v) is 2.85. The van der Waals surface area contributed by atoms with Crippen LogP contribution in [0.1, 0.15) is 27.0 Å². The summed E-state index contributed by atoms with van der Waals surface area (Å²) in [4.78, 5) is 15.6. The zero-order valence-corrected chi connectivity index (χ0v) is 10.9. The molecule has 0 saturated carbocycles. The van der Waals surface area contributed by atoms with E-state index in [0.717, 1.165) is 5.56 Å². The zero-order valence-electron chi connectivity index (χ0n) is 10.9. The SMILES string of the molecule is Cc1ccc(/C=N\NC(=O)c2ccncc2)cc1C. The second-order valence-corrected chi connectivity index (χ2v) is 4.28. The van der Waals surface area contributed by atoms with E-state index in [1.807, 2.05) is 25.1 Å². The molecule has 1 aromatic heterocycles. The molecule has 0 saturated heterocycles. The van der Waals surface area contributed by atoms with Crippen LogP contribution in [0.15, 0.2) is 47.8 Å². The number of rotatable bonds is 3. The van der Waals surface area contributed by atoms with Gasteiger partial charge in [0.1, 0.15) is 0 Å². The summed E-state index contributed by atoms with van der Waals surface area (Å²) in [6.45, 7) is 4.10. The van der Waals surface area contributed by atoms with E-state index in [4.69, 9.17) is 0 Å². The highest BCUT2D eigenvalue weighted by Gasteiger charge is 2.01. The van der Waals surface area contributed by atoms with Crippen LogP contribution in [-0.4, -0.2) is 17.1 Å². The summed E-state index contributed by atoms with van der Waals surface area (Å²) in [5.74, 6) is -0.248. The largest absolute Gasteiger partial charge is 0.271 e. The molecule has 4 nitrogen and oxygen atoms in total. The number of aromatic nitrogens is 1. The van der Waals surface area contributed by atoms with E-state index in [9.17, 15) is 4.79 Å². The zero-order chi connectivity index (χ0) is 13.7. The van der Waals surface area contributed by atoms with Gasteiger partial charge in [-0.1, -0.05) is 18.2 Å². The Bertz CT molecular complexity index is 606. The first-order valence-electron chi connectivity index (χ1n) is 5.97. The van der Waals surface area contributed by atoms with Gasteiger partial charge in [0.25, 0.3) is 5.91 Å². The predicted octanol–water partition coefficient (Wildman–Crippen LogP) is 2.46. The van der Waals surface area contributed by atoms with Gasteiger partial charge in [-0.3, -0.25) is 9.78 Å². The van der Waals surface area contributed by atoms with Crippen molar-refractivity contribution in [3.63, 3.8) is 0 Å². The van der Waals surface area contributed by atoms with E-state index in [1.165, 1.54) is 11.1 Å². The summed E-state index contributed by atoms with van der Waals surface area (Å²) >= 11 is 0. The Morgan fingerprint density at radius 2 is 1.89 bits per heavy atom. The molecule has 1 heterocycles. The van der Waals surface area contributed by atoms with Crippen molar-refractivity contribution >= 4 is 12.1 Å². The molecule has 0 atom stereocenters. The Balaban J connectivity index is 2.00. The van der Waals surface area contributed by atoms with E-state index in [-0.39, 0.29) is 5.91 Å². The van der Waals surface area contributed by atoms with Crippen molar-refractivity contribution in [3.8, 4) is 0 Å². The monoisotopic (exact) mass is 253 g/mol. The minimum atomic E-state index is -0.248. The number of carbonyl (C=O) groups is 1. The number of aryl methyl sites for hydroxylation is 2. The van der Waals surface area contributed by atoms with Crippen LogP contribution in [0.3, 0.4) is 0 Å². The van der Waals surface area contributed by atoms with Crippen molar-refractivity contribution < 1.29 is 4.79 Å². The normalized spacial score (nSPS) is 10.6. The van der Waals surface area contributed by atoms with Gasteiger partial charge in [0.05, 0.1) is 6.21 Å². The van der Waals surface area contributed by atoms with Crippen LogP contribution in [0.5, 0.6) is 0 Å². The maximum absolute atomic E-state index is 11.7. The van der Waals surface area contributed by atoms with Crippen LogP contribution in [0.2, 0.25) is 0 Å². The van der Waals surface area contributed by atoms with E-state index >= 15 is 0 Å². The molecule has 1 aromatic carbocycles. The lowest BCUT2D eigenvalue weighted by molar-refractivity contribution is 0.0955. The van der Waals surface area contributed by atoms with Crippen LogP contribution >= 0.6 is 0 Å². The molecule has 19 heavy (non-hydrogen) atoms. The van der Waals surface area contributed by atoms with Crippen molar-refractivity contribution in [1.29, 1.82) is 0 Å². The van der Waals surface area contributed by atoms with Gasteiger partial charge in [-0.15, -0.1) is 0 Å². The number of pyridine rings is 1. The van der Waals surface area contributed by atoms with Gasteiger partial charge in [0.15, 0.2) is 0 Å². The molecule has 0 aliphatic carbocycles. The molecular weight excluding hydrogens is 238 g/mol. The molecule has 2 rings (SSSR count). The number of hydrogen-bond donors (Lipinski definition) is 1. The molecule has 0 radical (unpaired) electrons. The topological polar surface area (TPSA) is 54.4 Å². The Kier molecular flexibility index (Phi) is 4.03. The maximum atomic E-state index is 11.7. The first-order valence-corrected chi connectivity index (χ1v) is 5.97. The lowest BCUT2D eigenvalue weighted by Crippen LogP contribution is -2.17. The lowest BCUT2D eigenvalue weighted by Gasteiger charge is -2.01. The van der Waals surface area contributed by atoms with E-state index in [0.29, 0.717) is 5.56 Å². The van der Waals surface area contributed by atoms with E-state index in [2.05, 4.69) is 22.4 Å². The fraction of sp³-hybridized carbons (Fsp3) is 0.133. The number of amides is 1. The van der Waals surface area contributed by atoms with Crippen LogP contribution in [-0.2, 0) is 0 Å². The maximum Gasteiger partial charge on any atom is 0.271 e. The summed E-state index contributed by atoms with van der Waals surface area (Å²) < 4.78 is 0. The van der Waals surface area contributed by atoms with Crippen molar-refractivity contribution in [3.05, 3.63) is 65.0 Å². The van der Waals surface area contributed by atoms with Gasteiger partial charge >= 0.3 is 0 Å². The third-order valence-electron chi connectivity index (χ3n) is 2.85. The van der Waals surface area contributed by atoms with Gasteiger partial charge < -0.3 is 0 Å². The number of carbonyl (C=O) groups excluding carboxylic acids is 1. The minimum Gasteiger partial charge on any atom is -0.267 e. The van der Waals surface area contributed by atoms with Crippen LogP contribution in [0.25, 0.3) is 0 Å². The highest BCUT2D eigenvalue weighted by atomic mass is 16.2. The fourth-order valence-corrected chi connectivity index (χ4v) is 1.58. The molecule has 0 bridgehead atoms. The Hall–Kier alpha value is -2.49. The average Bonchev–Trinajstić information content (AvgIpc) is 2.43. The molecule has 1 N–H and O–H groups in total. The quantitative estimate of drug-likeness (QED) is 0.674. The van der Waals surface area contributed by atoms with Gasteiger partial charge in [-0.2, -0.15) is 5.10 Å². The summed E-state index contributed by atoms with van der Waals surface area (Å²) in [6.07, 6.45) is 4.77. The van der Waals surface area contributed by atoms with Crippen molar-refractivity contribution in [2.45, 2.75) is 13.8 Å². The molecule has 0 fully saturated rings. The van der Waals surface area contributed by atoms with Crippen molar-refractivity contribution in [2.24, 2.45) is 5.10 Å². The molecule has 0 aliphatic rings. The summed E-state index contributed by atoms with van der Waals surface area (Å²) in [5.41, 5.74) is 6.41. The molecule has 0 aliphatic heterocycles. The molecule has 96 valence electrons. The summed E-state index contributed by atoms with van der Waals surface area (Å²) in [7, 11) is 0. The van der Waals surface area contributed by atoms with Crippen molar-refractivity contribution in [2.75, 3.05) is 0 Å². The number of nitrogens with one attached hydrogen (secondary N) is 1. The Labute approximate surface area is 112 Å². The second kappa shape index (κ2) is 5.91. The first kappa shape index (κ1) is 13.0. The van der Waals surface area contributed by atoms with Gasteiger partial charge in [-0.05, 0) is 42.7 Å². The van der Waals surface area contributed by atoms with Crippen molar-refractivity contribution in [1.82, 2.24) is 10.4 Å². The summed E-state index contributed by atoms with van der Waals surface area (Å²) in [5, 5.41) is 3.94. The smallest absolute Gasteiger partial charge is 0.267 e. The highest BCUT2D eigenvalue weighted by Crippen LogP contribution is 2.07. The third kappa shape index (κ3) is 3.48. The first-order chi connectivity index (χ1) is 9.16. The molecule has 1 amide bonds. The predicted molar refractivity (Wildman–Crippen MR) is 75.2 cm³/mol. The van der Waals surface area contributed by atoms with Gasteiger partial charge in [-0.25, -0.2) is 5.43 Å². The average molecular weight is 253 g/mol. The van der Waals surface area contributed by atoms with Crippen LogP contribution < -0.4 is 5.43 Å². The molecule has 0 spiro atoms. The molecule has 4 heteroatoms. The Morgan fingerprint density at radius 3 is 2.58 bits per heavy atom. The molecule has 2 aromatic rings. The number of hydrogen-bond acceptors (Lipinski definition) is 3. The highest BCUT2D eigenvalue weighted by molar-refractivity contribution is 5.94. The van der Waals surface area contributed by atoms with Gasteiger partial charge in [0.2, 0.25) is 0 Å². The lowest BCUT2D eigenvalue weighted by atomic mass is 10.1. The number of nitrogens with zero attached hydrogens (tertiary/aromatic N) is 2.